The van der Waals surface area contributed by atoms with Crippen LogP contribution in [0.2, 0.25) is 0 Å². The number of ether oxygens (including phenoxy) is 1. The van der Waals surface area contributed by atoms with Gasteiger partial charge in [0.25, 0.3) is 5.56 Å². The normalized spacial score (nSPS) is 11.5. The molecule has 0 amide bonds. The molecule has 4 aromatic rings. The number of benzene rings is 3. The second kappa shape index (κ2) is 11.4. The highest BCUT2D eigenvalue weighted by molar-refractivity contribution is 5.66. The number of aromatic nitrogens is 1. The van der Waals surface area contributed by atoms with E-state index in [1.165, 1.54) is 10.6 Å². The minimum atomic E-state index is -4.87. The third-order valence-corrected chi connectivity index (χ3v) is 7.04. The number of alkyl halides is 3. The summed E-state index contributed by atoms with van der Waals surface area (Å²) in [5.74, 6) is 1.28. The molecule has 1 aromatic heterocycles. The van der Waals surface area contributed by atoms with E-state index in [0.717, 1.165) is 40.3 Å². The molecule has 7 heteroatoms. The van der Waals surface area contributed by atoms with E-state index < -0.39 is 22.9 Å². The number of hydrogen-bond donors (Lipinski definition) is 0. The summed E-state index contributed by atoms with van der Waals surface area (Å²) in [6, 6.07) is 21.0. The third kappa shape index (κ3) is 5.81. The molecule has 0 aliphatic rings. The first-order valence-electron chi connectivity index (χ1n) is 13.2. The lowest BCUT2D eigenvalue weighted by molar-refractivity contribution is -0.137. The Morgan fingerprint density at radius 1 is 0.950 bits per heavy atom. The van der Waals surface area contributed by atoms with E-state index in [1.54, 1.807) is 18.2 Å². The molecule has 0 N–H and O–H groups in total. The van der Waals surface area contributed by atoms with Crippen molar-refractivity contribution >= 4 is 0 Å². The van der Waals surface area contributed by atoms with Gasteiger partial charge >= 0.3 is 6.18 Å². The van der Waals surface area contributed by atoms with Crippen molar-refractivity contribution in [3.63, 3.8) is 0 Å². The topological polar surface area (TPSA) is 55.0 Å². The Morgan fingerprint density at radius 2 is 1.68 bits per heavy atom. The Morgan fingerprint density at radius 3 is 2.30 bits per heavy atom. The highest BCUT2D eigenvalue weighted by Crippen LogP contribution is 2.38. The molecule has 0 aliphatic heterocycles. The van der Waals surface area contributed by atoms with Gasteiger partial charge < -0.3 is 9.30 Å². The van der Waals surface area contributed by atoms with Gasteiger partial charge in [-0.2, -0.15) is 18.4 Å². The second-order valence-electron chi connectivity index (χ2n) is 10.2. The van der Waals surface area contributed by atoms with Gasteiger partial charge in [0.15, 0.2) is 0 Å². The van der Waals surface area contributed by atoms with Crippen LogP contribution in [0.1, 0.15) is 65.6 Å². The fourth-order valence-corrected chi connectivity index (χ4v) is 4.83. The quantitative estimate of drug-likeness (QED) is 0.234. The fraction of sp³-hybridized carbons (Fsp3) is 0.273. The van der Waals surface area contributed by atoms with Gasteiger partial charge in [0.2, 0.25) is 0 Å². The molecule has 0 spiro atoms. The van der Waals surface area contributed by atoms with Crippen LogP contribution < -0.4 is 10.3 Å². The standard InChI is InChI=1S/C33H31F3N2O2/c1-6-23-9-7-8-10-30(23)40-31-14-13-24(16-26(31)20(2)3)29-17-28(33(34,35)36)27(18-37)32(39)38(29)19-25-12-11-21(4)15-22(25)5/h7-17,20H,6,19H2,1-5H3. The van der Waals surface area contributed by atoms with Crippen molar-refractivity contribution in [2.75, 3.05) is 0 Å². The van der Waals surface area contributed by atoms with Crippen LogP contribution in [0.25, 0.3) is 11.3 Å². The zero-order valence-corrected chi connectivity index (χ0v) is 23.2. The summed E-state index contributed by atoms with van der Waals surface area (Å²) >= 11 is 0. The monoisotopic (exact) mass is 544 g/mol. The molecule has 1 heterocycles. The lowest BCUT2D eigenvalue weighted by Crippen LogP contribution is -2.29. The van der Waals surface area contributed by atoms with Crippen LogP contribution in [0.3, 0.4) is 0 Å². The number of pyridine rings is 1. The molecule has 0 aliphatic carbocycles. The number of nitriles is 1. The molecule has 0 bridgehead atoms. The van der Waals surface area contributed by atoms with Gasteiger partial charge in [0, 0.05) is 0 Å². The molecule has 0 saturated carbocycles. The predicted molar refractivity (Wildman–Crippen MR) is 151 cm³/mol. The number of hydrogen-bond acceptors (Lipinski definition) is 3. The van der Waals surface area contributed by atoms with Crippen molar-refractivity contribution in [3.8, 4) is 28.8 Å². The lowest BCUT2D eigenvalue weighted by atomic mass is 9.96. The van der Waals surface area contributed by atoms with Gasteiger partial charge in [0.05, 0.1) is 17.8 Å². The van der Waals surface area contributed by atoms with Gasteiger partial charge in [-0.1, -0.05) is 62.7 Å². The Labute approximate surface area is 232 Å². The molecule has 4 nitrogen and oxygen atoms in total. The van der Waals surface area contributed by atoms with E-state index in [9.17, 15) is 23.2 Å². The molecule has 0 saturated heterocycles. The fourth-order valence-electron chi connectivity index (χ4n) is 4.83. The Bertz CT molecular complexity index is 1660. The first kappa shape index (κ1) is 28.7. The van der Waals surface area contributed by atoms with Crippen LogP contribution >= 0.6 is 0 Å². The first-order chi connectivity index (χ1) is 18.9. The van der Waals surface area contributed by atoms with Gasteiger partial charge in [-0.05, 0) is 84.3 Å². The average molecular weight is 545 g/mol. The highest BCUT2D eigenvalue weighted by atomic mass is 19.4. The maximum atomic E-state index is 14.0. The number of rotatable bonds is 7. The van der Waals surface area contributed by atoms with Gasteiger partial charge in [-0.25, -0.2) is 0 Å². The summed E-state index contributed by atoms with van der Waals surface area (Å²) in [7, 11) is 0. The molecule has 0 fully saturated rings. The zero-order valence-electron chi connectivity index (χ0n) is 23.2. The molecule has 3 aromatic carbocycles. The molecule has 4 rings (SSSR count). The van der Waals surface area contributed by atoms with Crippen LogP contribution in [-0.4, -0.2) is 4.57 Å². The maximum absolute atomic E-state index is 14.0. The van der Waals surface area contributed by atoms with Crippen molar-refractivity contribution in [1.82, 2.24) is 4.57 Å². The summed E-state index contributed by atoms with van der Waals surface area (Å²) in [5, 5.41) is 9.56. The van der Waals surface area contributed by atoms with Gasteiger partial charge in [-0.3, -0.25) is 4.79 Å². The number of nitrogens with zero attached hydrogens (tertiary/aromatic N) is 2. The highest BCUT2D eigenvalue weighted by Gasteiger charge is 2.36. The molecule has 0 unspecified atom stereocenters. The minimum Gasteiger partial charge on any atom is -0.457 e. The van der Waals surface area contributed by atoms with Crippen LogP contribution in [-0.2, 0) is 19.1 Å². The van der Waals surface area contributed by atoms with Crippen molar-refractivity contribution in [1.29, 1.82) is 5.26 Å². The number of halogens is 3. The van der Waals surface area contributed by atoms with Crippen molar-refractivity contribution in [3.05, 3.63) is 116 Å². The maximum Gasteiger partial charge on any atom is 0.417 e. The summed E-state index contributed by atoms with van der Waals surface area (Å²) in [6.07, 6.45) is -4.09. The lowest BCUT2D eigenvalue weighted by Gasteiger charge is -2.21. The Kier molecular flexibility index (Phi) is 8.20. The van der Waals surface area contributed by atoms with Gasteiger partial charge in [0.1, 0.15) is 23.1 Å². The summed E-state index contributed by atoms with van der Waals surface area (Å²) in [4.78, 5) is 13.5. The smallest absolute Gasteiger partial charge is 0.417 e. The number of aryl methyl sites for hydroxylation is 3. The Balaban J connectivity index is 1.94. The van der Waals surface area contributed by atoms with Crippen molar-refractivity contribution < 1.29 is 17.9 Å². The largest absolute Gasteiger partial charge is 0.457 e. The molecule has 0 radical (unpaired) electrons. The Hall–Kier alpha value is -4.31. The first-order valence-corrected chi connectivity index (χ1v) is 13.2. The molecular formula is C33H31F3N2O2. The van der Waals surface area contributed by atoms with E-state index in [4.69, 9.17) is 4.74 Å². The molecule has 40 heavy (non-hydrogen) atoms. The zero-order chi connectivity index (χ0) is 29.2. The van der Waals surface area contributed by atoms with Crippen LogP contribution in [0.4, 0.5) is 13.2 Å². The van der Waals surface area contributed by atoms with Crippen LogP contribution in [0, 0.1) is 25.2 Å². The van der Waals surface area contributed by atoms with E-state index in [-0.39, 0.29) is 18.2 Å². The summed E-state index contributed by atoms with van der Waals surface area (Å²) < 4.78 is 49.7. The summed E-state index contributed by atoms with van der Waals surface area (Å²) in [6.45, 7) is 9.83. The van der Waals surface area contributed by atoms with Gasteiger partial charge in [-0.15, -0.1) is 0 Å². The van der Waals surface area contributed by atoms with E-state index in [2.05, 4.69) is 0 Å². The van der Waals surface area contributed by atoms with Crippen LogP contribution in [0.5, 0.6) is 11.5 Å². The second-order valence-corrected chi connectivity index (χ2v) is 10.2. The minimum absolute atomic E-state index is 0.0201. The SMILES string of the molecule is CCc1ccccc1Oc1ccc(-c2cc(C(F)(F)F)c(C#N)c(=O)n2Cc2ccc(C)cc2C)cc1C(C)C. The molecule has 206 valence electrons. The molecular weight excluding hydrogens is 513 g/mol. The average Bonchev–Trinajstić information content (AvgIpc) is 2.90. The van der Waals surface area contributed by atoms with E-state index in [1.807, 2.05) is 77.1 Å². The molecule has 0 atom stereocenters. The third-order valence-electron chi connectivity index (χ3n) is 7.04. The summed E-state index contributed by atoms with van der Waals surface area (Å²) in [5.41, 5.74) is 1.90. The van der Waals surface area contributed by atoms with E-state index in [0.29, 0.717) is 17.1 Å². The van der Waals surface area contributed by atoms with Crippen LogP contribution in [0.15, 0.2) is 71.5 Å². The van der Waals surface area contributed by atoms with Crippen molar-refractivity contribution in [2.24, 2.45) is 0 Å². The number of para-hydroxylation sites is 1. The van der Waals surface area contributed by atoms with Crippen molar-refractivity contribution in [2.45, 2.75) is 59.7 Å². The van der Waals surface area contributed by atoms with E-state index >= 15 is 0 Å². The predicted octanol–water partition coefficient (Wildman–Crippen LogP) is 8.55.